The molecule has 0 bridgehead atoms. The van der Waals surface area contributed by atoms with Crippen molar-refractivity contribution >= 4 is 0 Å². The van der Waals surface area contributed by atoms with Crippen molar-refractivity contribution < 1.29 is 14.2 Å². The molecule has 0 radical (unpaired) electrons. The van der Waals surface area contributed by atoms with Crippen molar-refractivity contribution in [3.8, 4) is 0 Å². The molecule has 0 spiro atoms. The minimum absolute atomic E-state index is 0.143. The second-order valence-electron chi connectivity index (χ2n) is 4.02. The monoisotopic (exact) mass is 210 g/mol. The van der Waals surface area contributed by atoms with Gasteiger partial charge in [-0.1, -0.05) is 12.1 Å². The molecule has 0 amide bonds. The van der Waals surface area contributed by atoms with E-state index < -0.39 is 0 Å². The molecule has 15 heavy (non-hydrogen) atoms. The SMILES string of the molecule is O[C@H]1CCOC[C@H]1Cc1ccc(F)cc1. The third-order valence-corrected chi connectivity index (χ3v) is 2.85. The van der Waals surface area contributed by atoms with Crippen LogP contribution in [0, 0.1) is 11.7 Å². The Hall–Kier alpha value is -0.930. The van der Waals surface area contributed by atoms with E-state index in [9.17, 15) is 9.50 Å². The Balaban J connectivity index is 1.98. The molecule has 1 heterocycles. The maximum Gasteiger partial charge on any atom is 0.123 e. The van der Waals surface area contributed by atoms with E-state index in [1.807, 2.05) is 0 Å². The molecule has 82 valence electrons. The van der Waals surface area contributed by atoms with Crippen molar-refractivity contribution in [1.82, 2.24) is 0 Å². The van der Waals surface area contributed by atoms with Crippen LogP contribution in [0.4, 0.5) is 4.39 Å². The Labute approximate surface area is 88.7 Å². The Morgan fingerprint density at radius 2 is 2.07 bits per heavy atom. The van der Waals surface area contributed by atoms with Gasteiger partial charge in [-0.05, 0) is 30.5 Å². The first-order valence-electron chi connectivity index (χ1n) is 5.26. The van der Waals surface area contributed by atoms with Crippen LogP contribution in [-0.4, -0.2) is 24.4 Å². The highest BCUT2D eigenvalue weighted by Gasteiger charge is 2.23. The lowest BCUT2D eigenvalue weighted by atomic mass is 9.92. The van der Waals surface area contributed by atoms with Gasteiger partial charge in [0, 0.05) is 12.5 Å². The summed E-state index contributed by atoms with van der Waals surface area (Å²) in [6.45, 7) is 1.24. The lowest BCUT2D eigenvalue weighted by molar-refractivity contribution is -0.0350. The Bertz CT molecular complexity index is 310. The van der Waals surface area contributed by atoms with Crippen LogP contribution in [0.25, 0.3) is 0 Å². The average molecular weight is 210 g/mol. The molecule has 1 aliphatic heterocycles. The van der Waals surface area contributed by atoms with Crippen molar-refractivity contribution in [2.45, 2.75) is 18.9 Å². The zero-order chi connectivity index (χ0) is 10.7. The van der Waals surface area contributed by atoms with Crippen LogP contribution >= 0.6 is 0 Å². The molecule has 2 atom stereocenters. The van der Waals surface area contributed by atoms with E-state index in [1.165, 1.54) is 12.1 Å². The van der Waals surface area contributed by atoms with Crippen LogP contribution in [0.15, 0.2) is 24.3 Å². The first-order valence-corrected chi connectivity index (χ1v) is 5.26. The minimum Gasteiger partial charge on any atom is -0.393 e. The molecule has 0 unspecified atom stereocenters. The molecule has 1 aromatic carbocycles. The summed E-state index contributed by atoms with van der Waals surface area (Å²) in [5.74, 6) is -0.0802. The van der Waals surface area contributed by atoms with Crippen LogP contribution in [0.5, 0.6) is 0 Å². The van der Waals surface area contributed by atoms with Crippen molar-refractivity contribution in [2.24, 2.45) is 5.92 Å². The molecule has 2 nitrogen and oxygen atoms in total. The fourth-order valence-electron chi connectivity index (χ4n) is 1.90. The normalized spacial score (nSPS) is 26.5. The fourth-order valence-corrected chi connectivity index (χ4v) is 1.90. The number of aliphatic hydroxyl groups excluding tert-OH is 1. The molecular formula is C12H15FO2. The van der Waals surface area contributed by atoms with Crippen LogP contribution in [-0.2, 0) is 11.2 Å². The molecule has 3 heteroatoms. The largest absolute Gasteiger partial charge is 0.393 e. The first kappa shape index (κ1) is 10.6. The molecule has 1 aliphatic rings. The Morgan fingerprint density at radius 3 is 2.73 bits per heavy atom. The van der Waals surface area contributed by atoms with Gasteiger partial charge in [-0.25, -0.2) is 4.39 Å². The minimum atomic E-state index is -0.288. The van der Waals surface area contributed by atoms with Gasteiger partial charge in [0.2, 0.25) is 0 Å². The summed E-state index contributed by atoms with van der Waals surface area (Å²) < 4.78 is 18.0. The van der Waals surface area contributed by atoms with Gasteiger partial charge >= 0.3 is 0 Å². The summed E-state index contributed by atoms with van der Waals surface area (Å²) in [6.07, 6.45) is 1.16. The number of benzene rings is 1. The van der Waals surface area contributed by atoms with Crippen LogP contribution in [0.1, 0.15) is 12.0 Å². The summed E-state index contributed by atoms with van der Waals surface area (Å²) in [7, 11) is 0. The van der Waals surface area contributed by atoms with Gasteiger partial charge in [0.05, 0.1) is 12.7 Å². The average Bonchev–Trinajstić information content (AvgIpc) is 2.25. The predicted octanol–water partition coefficient (Wildman–Crippen LogP) is 1.77. The van der Waals surface area contributed by atoms with E-state index in [2.05, 4.69) is 0 Å². The number of aliphatic hydroxyl groups is 1. The molecule has 1 saturated heterocycles. The topological polar surface area (TPSA) is 29.5 Å². The van der Waals surface area contributed by atoms with Crippen LogP contribution in [0.3, 0.4) is 0 Å². The van der Waals surface area contributed by atoms with Gasteiger partial charge < -0.3 is 9.84 Å². The highest BCUT2D eigenvalue weighted by Crippen LogP contribution is 2.19. The summed E-state index contributed by atoms with van der Waals surface area (Å²) in [4.78, 5) is 0. The molecule has 0 saturated carbocycles. The molecule has 1 fully saturated rings. The highest BCUT2D eigenvalue weighted by molar-refractivity contribution is 5.16. The summed E-state index contributed by atoms with van der Waals surface area (Å²) in [6, 6.07) is 6.42. The molecule has 0 aromatic heterocycles. The van der Waals surface area contributed by atoms with Crippen molar-refractivity contribution in [3.05, 3.63) is 35.6 Å². The number of halogens is 1. The van der Waals surface area contributed by atoms with Crippen LogP contribution in [0.2, 0.25) is 0 Å². The Morgan fingerprint density at radius 1 is 1.33 bits per heavy atom. The van der Waals surface area contributed by atoms with Crippen molar-refractivity contribution in [3.63, 3.8) is 0 Å². The molecule has 2 rings (SSSR count). The standard InChI is InChI=1S/C12H15FO2/c13-11-3-1-9(2-4-11)7-10-8-15-6-5-12(10)14/h1-4,10,12,14H,5-8H2/t10-,12+/m1/s1. The van der Waals surface area contributed by atoms with Crippen LogP contribution < -0.4 is 0 Å². The van der Waals surface area contributed by atoms with Gasteiger partial charge in [0.15, 0.2) is 0 Å². The summed E-state index contributed by atoms with van der Waals surface area (Å²) in [5.41, 5.74) is 1.05. The van der Waals surface area contributed by atoms with E-state index in [0.29, 0.717) is 19.6 Å². The summed E-state index contributed by atoms with van der Waals surface area (Å²) >= 11 is 0. The quantitative estimate of drug-likeness (QED) is 0.806. The third kappa shape index (κ3) is 2.76. The lowest BCUT2D eigenvalue weighted by Crippen LogP contribution is -2.33. The van der Waals surface area contributed by atoms with E-state index in [-0.39, 0.29) is 17.8 Å². The van der Waals surface area contributed by atoms with Crippen molar-refractivity contribution in [2.75, 3.05) is 13.2 Å². The van der Waals surface area contributed by atoms with E-state index >= 15 is 0 Å². The number of hydrogen-bond donors (Lipinski definition) is 1. The van der Waals surface area contributed by atoms with Crippen molar-refractivity contribution in [1.29, 1.82) is 0 Å². The van der Waals surface area contributed by atoms with Gasteiger partial charge in [0.1, 0.15) is 5.82 Å². The van der Waals surface area contributed by atoms with E-state index in [1.54, 1.807) is 12.1 Å². The molecule has 1 aromatic rings. The number of ether oxygens (including phenoxy) is 1. The van der Waals surface area contributed by atoms with E-state index in [4.69, 9.17) is 4.74 Å². The second kappa shape index (κ2) is 4.73. The van der Waals surface area contributed by atoms with Gasteiger partial charge in [-0.3, -0.25) is 0 Å². The molecular weight excluding hydrogens is 195 g/mol. The first-order chi connectivity index (χ1) is 7.25. The zero-order valence-corrected chi connectivity index (χ0v) is 8.53. The summed E-state index contributed by atoms with van der Waals surface area (Å²) in [5, 5.41) is 9.73. The van der Waals surface area contributed by atoms with Gasteiger partial charge in [-0.15, -0.1) is 0 Å². The number of rotatable bonds is 2. The maximum atomic E-state index is 12.7. The molecule has 0 aliphatic carbocycles. The maximum absolute atomic E-state index is 12.7. The predicted molar refractivity (Wildman–Crippen MR) is 55.0 cm³/mol. The smallest absolute Gasteiger partial charge is 0.123 e. The van der Waals surface area contributed by atoms with E-state index in [0.717, 1.165) is 12.0 Å². The second-order valence-corrected chi connectivity index (χ2v) is 4.02. The highest BCUT2D eigenvalue weighted by atomic mass is 19.1. The zero-order valence-electron chi connectivity index (χ0n) is 8.53. The van der Waals surface area contributed by atoms with Gasteiger partial charge in [-0.2, -0.15) is 0 Å². The third-order valence-electron chi connectivity index (χ3n) is 2.85. The molecule has 1 N–H and O–H groups in total. The Kier molecular flexibility index (Phi) is 3.34. The fraction of sp³-hybridized carbons (Fsp3) is 0.500. The number of hydrogen-bond acceptors (Lipinski definition) is 2. The van der Waals surface area contributed by atoms with Gasteiger partial charge in [0.25, 0.3) is 0 Å². The lowest BCUT2D eigenvalue weighted by Gasteiger charge is -2.27.